The van der Waals surface area contributed by atoms with Gasteiger partial charge >= 0.3 is 0 Å². The summed E-state index contributed by atoms with van der Waals surface area (Å²) in [5.74, 6) is 1.05. The van der Waals surface area contributed by atoms with Crippen LogP contribution in [-0.4, -0.2) is 39.8 Å². The van der Waals surface area contributed by atoms with E-state index in [1.54, 1.807) is 12.3 Å². The normalized spacial score (nSPS) is 11.1. The van der Waals surface area contributed by atoms with Crippen LogP contribution in [0, 0.1) is 0 Å². The zero-order chi connectivity index (χ0) is 18.0. The lowest BCUT2D eigenvalue weighted by Gasteiger charge is -2.14. The number of ether oxygens (including phenoxy) is 2. The molecular formula is C16H15Cl3N4O2. The Bertz CT molecular complexity index is 914. The first-order valence-corrected chi connectivity index (χ1v) is 8.71. The number of alkyl halides is 1. The van der Waals surface area contributed by atoms with E-state index in [0.717, 1.165) is 5.69 Å². The van der Waals surface area contributed by atoms with Crippen LogP contribution in [0.4, 0.5) is 0 Å². The summed E-state index contributed by atoms with van der Waals surface area (Å²) in [7, 11) is 3.00. The molecule has 0 saturated carbocycles. The van der Waals surface area contributed by atoms with E-state index in [-0.39, 0.29) is 11.8 Å². The third-order valence-electron chi connectivity index (χ3n) is 3.73. The molecule has 25 heavy (non-hydrogen) atoms. The molecule has 1 aromatic carbocycles. The maximum Gasteiger partial charge on any atom is 0.278 e. The van der Waals surface area contributed by atoms with Crippen molar-refractivity contribution in [2.75, 3.05) is 20.1 Å². The second-order valence-electron chi connectivity index (χ2n) is 5.18. The van der Waals surface area contributed by atoms with Gasteiger partial charge in [0, 0.05) is 29.8 Å². The number of hydrogen-bond acceptors (Lipinski definition) is 5. The molecule has 0 aliphatic rings. The van der Waals surface area contributed by atoms with E-state index >= 15 is 0 Å². The van der Waals surface area contributed by atoms with E-state index in [1.165, 1.54) is 14.2 Å². The Balaban J connectivity index is 2.18. The van der Waals surface area contributed by atoms with E-state index in [4.69, 9.17) is 44.3 Å². The number of fused-ring (bicyclic) bond motifs is 1. The third kappa shape index (κ3) is 3.47. The largest absolute Gasteiger partial charge is 0.477 e. The molecule has 0 N–H and O–H groups in total. The van der Waals surface area contributed by atoms with Gasteiger partial charge in [0.2, 0.25) is 0 Å². The number of nitrogens with zero attached hydrogens (tertiary/aromatic N) is 4. The minimum atomic E-state index is 0.274. The molecule has 0 spiro atoms. The van der Waals surface area contributed by atoms with Gasteiger partial charge in [-0.25, -0.2) is 9.97 Å². The van der Waals surface area contributed by atoms with Gasteiger partial charge in [0.05, 0.1) is 41.8 Å². The van der Waals surface area contributed by atoms with Crippen molar-refractivity contribution >= 4 is 45.8 Å². The lowest BCUT2D eigenvalue weighted by molar-refractivity contribution is 0.334. The van der Waals surface area contributed by atoms with Gasteiger partial charge in [0.1, 0.15) is 0 Å². The topological polar surface area (TPSA) is 62.1 Å². The van der Waals surface area contributed by atoms with Gasteiger partial charge in [-0.1, -0.05) is 23.2 Å². The quantitative estimate of drug-likeness (QED) is 0.585. The Kier molecular flexibility index (Phi) is 5.51. The van der Waals surface area contributed by atoms with Crippen LogP contribution in [-0.2, 0) is 13.0 Å². The van der Waals surface area contributed by atoms with Crippen molar-refractivity contribution in [1.82, 2.24) is 19.7 Å². The highest BCUT2D eigenvalue weighted by Crippen LogP contribution is 2.35. The lowest BCUT2D eigenvalue weighted by Crippen LogP contribution is -2.09. The molecule has 0 radical (unpaired) electrons. The van der Waals surface area contributed by atoms with E-state index in [0.29, 0.717) is 45.5 Å². The van der Waals surface area contributed by atoms with Gasteiger partial charge in [-0.3, -0.25) is 4.68 Å². The van der Waals surface area contributed by atoms with Gasteiger partial charge in [-0.15, -0.1) is 11.6 Å². The fourth-order valence-corrected chi connectivity index (χ4v) is 3.16. The van der Waals surface area contributed by atoms with Crippen LogP contribution in [0.25, 0.3) is 11.0 Å². The average molecular weight is 402 g/mol. The van der Waals surface area contributed by atoms with Crippen molar-refractivity contribution in [1.29, 1.82) is 0 Å². The Morgan fingerprint density at radius 3 is 2.52 bits per heavy atom. The maximum absolute atomic E-state index is 6.45. The molecule has 2 aromatic heterocycles. The van der Waals surface area contributed by atoms with Crippen molar-refractivity contribution in [2.45, 2.75) is 13.0 Å². The fraction of sp³-hybridized carbons (Fsp3) is 0.312. The first-order valence-electron chi connectivity index (χ1n) is 7.42. The second-order valence-corrected chi connectivity index (χ2v) is 6.34. The van der Waals surface area contributed by atoms with Crippen LogP contribution in [0.2, 0.25) is 10.0 Å². The summed E-state index contributed by atoms with van der Waals surface area (Å²) in [6.07, 6.45) is 2.41. The molecule has 6 nitrogen and oxygen atoms in total. The number of halogens is 3. The Morgan fingerprint density at radius 1 is 1.12 bits per heavy atom. The molecule has 0 aliphatic carbocycles. The molecule has 0 amide bonds. The molecule has 3 aromatic rings. The van der Waals surface area contributed by atoms with Crippen LogP contribution >= 0.6 is 34.8 Å². The fourth-order valence-electron chi connectivity index (χ4n) is 2.54. The minimum absolute atomic E-state index is 0.274. The smallest absolute Gasteiger partial charge is 0.278 e. The molecule has 0 saturated heterocycles. The standard InChI is InChI=1S/C16H15Cl3N4O2/c1-24-15-16(25-2)22-14-10(13(19)11(18)7-12(14)21-15)8-23-9(3-5-17)4-6-20-23/h4,6-7H,3,5,8H2,1-2H3. The zero-order valence-corrected chi connectivity index (χ0v) is 15.9. The van der Waals surface area contributed by atoms with Gasteiger partial charge < -0.3 is 9.47 Å². The van der Waals surface area contributed by atoms with E-state index in [2.05, 4.69) is 15.1 Å². The van der Waals surface area contributed by atoms with Crippen LogP contribution in [0.1, 0.15) is 11.3 Å². The van der Waals surface area contributed by atoms with Crippen molar-refractivity contribution in [3.05, 3.63) is 39.6 Å². The number of hydrogen-bond donors (Lipinski definition) is 0. The zero-order valence-electron chi connectivity index (χ0n) is 13.6. The van der Waals surface area contributed by atoms with Crippen molar-refractivity contribution in [2.24, 2.45) is 0 Å². The average Bonchev–Trinajstić information content (AvgIpc) is 3.05. The van der Waals surface area contributed by atoms with E-state index in [1.807, 2.05) is 10.7 Å². The second kappa shape index (κ2) is 7.64. The number of benzene rings is 1. The predicted octanol–water partition coefficient (Wildman–Crippen LogP) is 3.98. The summed E-state index contributed by atoms with van der Waals surface area (Å²) in [6.45, 7) is 0.388. The number of aromatic nitrogens is 4. The van der Waals surface area contributed by atoms with Crippen molar-refractivity contribution < 1.29 is 9.47 Å². The number of methoxy groups -OCH3 is 2. The molecular weight excluding hydrogens is 387 g/mol. The Morgan fingerprint density at radius 2 is 1.84 bits per heavy atom. The highest BCUT2D eigenvalue weighted by atomic mass is 35.5. The predicted molar refractivity (Wildman–Crippen MR) is 98.4 cm³/mol. The van der Waals surface area contributed by atoms with Crippen LogP contribution in [0.15, 0.2) is 18.3 Å². The summed E-state index contributed by atoms with van der Waals surface area (Å²) in [4.78, 5) is 8.91. The van der Waals surface area contributed by atoms with Crippen LogP contribution < -0.4 is 9.47 Å². The monoisotopic (exact) mass is 400 g/mol. The summed E-state index contributed by atoms with van der Waals surface area (Å²) in [5.41, 5.74) is 2.84. The number of aryl methyl sites for hydroxylation is 1. The molecule has 0 unspecified atom stereocenters. The minimum Gasteiger partial charge on any atom is -0.477 e. The Hall–Kier alpha value is -1.76. The van der Waals surface area contributed by atoms with E-state index < -0.39 is 0 Å². The molecule has 132 valence electrons. The molecule has 0 aliphatic heterocycles. The number of rotatable bonds is 6. The lowest BCUT2D eigenvalue weighted by atomic mass is 10.1. The van der Waals surface area contributed by atoms with Crippen LogP contribution in [0.3, 0.4) is 0 Å². The summed E-state index contributed by atoms with van der Waals surface area (Å²) >= 11 is 18.6. The first-order chi connectivity index (χ1) is 12.1. The summed E-state index contributed by atoms with van der Waals surface area (Å²) in [5, 5.41) is 5.13. The SMILES string of the molecule is COc1nc2cc(Cl)c(Cl)c(Cn3nccc3CCCl)c2nc1OC. The molecule has 2 heterocycles. The molecule has 0 bridgehead atoms. The molecule has 3 rings (SSSR count). The Labute approximate surface area is 159 Å². The van der Waals surface area contributed by atoms with Gasteiger partial charge in [-0.2, -0.15) is 5.10 Å². The van der Waals surface area contributed by atoms with Gasteiger partial charge in [-0.05, 0) is 12.1 Å². The summed E-state index contributed by atoms with van der Waals surface area (Å²) in [6, 6.07) is 3.57. The summed E-state index contributed by atoms with van der Waals surface area (Å²) < 4.78 is 12.3. The van der Waals surface area contributed by atoms with Crippen molar-refractivity contribution in [3.8, 4) is 11.8 Å². The van der Waals surface area contributed by atoms with Gasteiger partial charge in [0.15, 0.2) is 0 Å². The maximum atomic E-state index is 6.45. The molecule has 0 atom stereocenters. The highest BCUT2D eigenvalue weighted by Gasteiger charge is 2.18. The highest BCUT2D eigenvalue weighted by molar-refractivity contribution is 6.43. The molecule has 9 heteroatoms. The van der Waals surface area contributed by atoms with E-state index in [9.17, 15) is 0 Å². The first kappa shape index (κ1) is 18.0. The third-order valence-corrected chi connectivity index (χ3v) is 4.75. The van der Waals surface area contributed by atoms with Crippen LogP contribution in [0.5, 0.6) is 11.8 Å². The molecule has 0 fully saturated rings. The van der Waals surface area contributed by atoms with Crippen molar-refractivity contribution in [3.63, 3.8) is 0 Å². The van der Waals surface area contributed by atoms with Gasteiger partial charge in [0.25, 0.3) is 11.8 Å².